The molecule has 1 saturated heterocycles. The van der Waals surface area contributed by atoms with Crippen molar-refractivity contribution in [3.05, 3.63) is 29.3 Å². The van der Waals surface area contributed by atoms with Gasteiger partial charge in [0.15, 0.2) is 41.5 Å². The van der Waals surface area contributed by atoms with E-state index in [0.717, 1.165) is 0 Å². The molecule has 45 heavy (non-hydrogen) atoms. The molecule has 22 nitrogen and oxygen atoms in total. The average molecular weight is 674 g/mol. The first kappa shape index (κ1) is 31.6. The summed E-state index contributed by atoms with van der Waals surface area (Å²) < 4.78 is 48.3. The highest BCUT2D eigenvalue weighted by molar-refractivity contribution is 7.52. The van der Waals surface area contributed by atoms with Gasteiger partial charge in [-0.2, -0.15) is 4.98 Å². The summed E-state index contributed by atoms with van der Waals surface area (Å²) in [6.45, 7) is -0.401. The first-order valence-electron chi connectivity index (χ1n) is 13.2. The molecular formula is C21H28N10O12P2. The quantitative estimate of drug-likeness (QED) is 0.0810. The third kappa shape index (κ3) is 5.98. The predicted molar refractivity (Wildman–Crippen MR) is 149 cm³/mol. The molecule has 0 aromatic carbocycles. The first-order valence-corrected chi connectivity index (χ1v) is 16.2. The maximum Gasteiger partial charge on any atom is 0.354 e. The van der Waals surface area contributed by atoms with Gasteiger partial charge in [-0.25, -0.2) is 19.9 Å². The van der Waals surface area contributed by atoms with Gasteiger partial charge in [0.25, 0.3) is 5.56 Å². The van der Waals surface area contributed by atoms with Crippen molar-refractivity contribution in [1.82, 2.24) is 39.0 Å². The molecule has 1 aliphatic carbocycles. The number of imidazole rings is 2. The molecule has 0 spiro atoms. The second-order valence-corrected chi connectivity index (χ2v) is 12.9. The van der Waals surface area contributed by atoms with E-state index >= 15 is 0 Å². The van der Waals surface area contributed by atoms with Crippen LogP contribution in [0.4, 0.5) is 11.8 Å². The summed E-state index contributed by atoms with van der Waals surface area (Å²) in [5, 5.41) is 32.3. The molecule has 244 valence electrons. The fourth-order valence-electron chi connectivity index (χ4n) is 5.46. The molecule has 1 saturated carbocycles. The molecule has 2 fully saturated rings. The lowest BCUT2D eigenvalue weighted by atomic mass is 10.1. The van der Waals surface area contributed by atoms with Crippen molar-refractivity contribution in [1.29, 1.82) is 0 Å². The Hall–Kier alpha value is -3.40. The van der Waals surface area contributed by atoms with Gasteiger partial charge in [-0.3, -0.25) is 28.0 Å². The van der Waals surface area contributed by atoms with E-state index in [1.165, 1.54) is 28.1 Å². The number of aromatic amines is 1. The Morgan fingerprint density at radius 3 is 2.56 bits per heavy atom. The standard InChI is InChI=1S/C21H28N10O12P2/c22-15-9-16(25-3-24-15)31(5-26-9)19-12(33)13(34)20(42-19)40-6-45(38,39)43-14-8(1-7(11(14)32)2-41-44(36)37)30-4-27-10-17(30)28-21(23)29-18(10)35/h3-5,7-8,11-14,19-20,32-34,44H,1-2,6H2,(H,36,37)(H,38,39)(H2,22,24,25)(H3,23,28,29,35)/t7-,8-,11+,12+,13-,14-,19-,20+/m1/s1. The normalized spacial score (nSPS) is 30.7. The van der Waals surface area contributed by atoms with Crippen molar-refractivity contribution in [2.24, 2.45) is 5.92 Å². The number of nitrogens with two attached hydrogens (primary N) is 2. The number of fused-ring (bicyclic) bond motifs is 2. The van der Waals surface area contributed by atoms with E-state index in [4.69, 9.17) is 34.9 Å². The lowest BCUT2D eigenvalue weighted by Crippen LogP contribution is -2.34. The van der Waals surface area contributed by atoms with E-state index < -0.39 is 83.3 Å². The number of aliphatic hydroxyl groups excluding tert-OH is 3. The van der Waals surface area contributed by atoms with Crippen LogP contribution in [0.1, 0.15) is 18.7 Å². The molecule has 2 unspecified atom stereocenters. The Kier molecular flexibility index (Phi) is 8.48. The third-order valence-corrected chi connectivity index (χ3v) is 8.98. The van der Waals surface area contributed by atoms with Gasteiger partial charge in [0.05, 0.1) is 31.4 Å². The zero-order chi connectivity index (χ0) is 32.2. The lowest BCUT2D eigenvalue weighted by molar-refractivity contribution is -0.168. The Morgan fingerprint density at radius 2 is 1.80 bits per heavy atom. The highest BCUT2D eigenvalue weighted by atomic mass is 31.2. The number of nitrogens with zero attached hydrogens (tertiary/aromatic N) is 7. The molecule has 0 amide bonds. The summed E-state index contributed by atoms with van der Waals surface area (Å²) in [6.07, 6.45) is -6.61. The molecule has 5 heterocycles. The molecule has 24 heteroatoms. The van der Waals surface area contributed by atoms with Crippen LogP contribution in [0.15, 0.2) is 23.8 Å². The maximum atomic E-state index is 13.3. The van der Waals surface area contributed by atoms with E-state index in [1.54, 1.807) is 0 Å². The summed E-state index contributed by atoms with van der Waals surface area (Å²) in [5.74, 6) is -1.03. The number of hydrogen-bond acceptors (Lipinski definition) is 17. The van der Waals surface area contributed by atoms with Gasteiger partial charge in [-0.15, -0.1) is 0 Å². The van der Waals surface area contributed by atoms with Gasteiger partial charge in [0.1, 0.15) is 30.2 Å². The van der Waals surface area contributed by atoms with Crippen molar-refractivity contribution < 1.29 is 52.8 Å². The van der Waals surface area contributed by atoms with E-state index in [9.17, 15) is 34.1 Å². The van der Waals surface area contributed by atoms with Gasteiger partial charge in [-0.05, 0) is 6.42 Å². The monoisotopic (exact) mass is 674 g/mol. The fourth-order valence-corrected chi connectivity index (χ4v) is 6.85. The second kappa shape index (κ2) is 12.1. The Morgan fingerprint density at radius 1 is 1.07 bits per heavy atom. The highest BCUT2D eigenvalue weighted by Gasteiger charge is 2.49. The smallest absolute Gasteiger partial charge is 0.354 e. The number of hydrogen-bond donors (Lipinski definition) is 8. The summed E-state index contributed by atoms with van der Waals surface area (Å²) >= 11 is 0. The van der Waals surface area contributed by atoms with Crippen molar-refractivity contribution in [3.8, 4) is 0 Å². The van der Waals surface area contributed by atoms with Crippen LogP contribution in [-0.2, 0) is 27.7 Å². The summed E-state index contributed by atoms with van der Waals surface area (Å²) in [4.78, 5) is 54.6. The molecular weight excluding hydrogens is 646 g/mol. The minimum atomic E-state index is -4.79. The number of rotatable bonds is 10. The van der Waals surface area contributed by atoms with Gasteiger partial charge in [-0.1, -0.05) is 0 Å². The number of aliphatic hydroxyl groups is 3. The first-order chi connectivity index (χ1) is 21.3. The van der Waals surface area contributed by atoms with Crippen molar-refractivity contribution >= 4 is 49.9 Å². The average Bonchev–Trinajstić information content (AvgIpc) is 3.73. The molecule has 2 aliphatic rings. The van der Waals surface area contributed by atoms with Crippen molar-refractivity contribution in [2.45, 2.75) is 49.4 Å². The third-order valence-electron chi connectivity index (χ3n) is 7.52. The van der Waals surface area contributed by atoms with Crippen LogP contribution >= 0.6 is 15.9 Å². The Balaban J connectivity index is 1.20. The summed E-state index contributed by atoms with van der Waals surface area (Å²) in [7, 11) is -8.16. The molecule has 10 atom stereocenters. The zero-order valence-corrected chi connectivity index (χ0v) is 24.7. The minimum absolute atomic E-state index is 0.00932. The van der Waals surface area contributed by atoms with Gasteiger partial charge < -0.3 is 55.1 Å². The molecule has 4 aromatic rings. The second-order valence-electron chi connectivity index (χ2n) is 10.4. The number of anilines is 2. The molecule has 6 rings (SSSR count). The zero-order valence-electron chi connectivity index (χ0n) is 22.8. The minimum Gasteiger partial charge on any atom is -0.390 e. The summed E-state index contributed by atoms with van der Waals surface area (Å²) in [5.41, 5.74) is 11.1. The number of nitrogen functional groups attached to an aromatic ring is 2. The summed E-state index contributed by atoms with van der Waals surface area (Å²) in [6, 6.07) is -0.989. The van der Waals surface area contributed by atoms with Gasteiger partial charge >= 0.3 is 15.9 Å². The van der Waals surface area contributed by atoms with Gasteiger partial charge in [0, 0.05) is 5.92 Å². The van der Waals surface area contributed by atoms with Crippen LogP contribution in [0.3, 0.4) is 0 Å². The van der Waals surface area contributed by atoms with Crippen LogP contribution in [0.5, 0.6) is 0 Å². The Bertz CT molecular complexity index is 1850. The number of ether oxygens (including phenoxy) is 2. The van der Waals surface area contributed by atoms with E-state index in [2.05, 4.69) is 29.9 Å². The van der Waals surface area contributed by atoms with Crippen LogP contribution in [0.25, 0.3) is 22.3 Å². The van der Waals surface area contributed by atoms with Crippen LogP contribution in [0.2, 0.25) is 0 Å². The van der Waals surface area contributed by atoms with E-state index in [1.807, 2.05) is 0 Å². The van der Waals surface area contributed by atoms with E-state index in [-0.39, 0.29) is 40.5 Å². The van der Waals surface area contributed by atoms with Gasteiger partial charge in [0.2, 0.25) is 5.95 Å². The Labute approximate surface area is 251 Å². The van der Waals surface area contributed by atoms with Crippen LogP contribution < -0.4 is 17.0 Å². The lowest BCUT2D eigenvalue weighted by Gasteiger charge is -2.27. The van der Waals surface area contributed by atoms with Crippen molar-refractivity contribution in [2.75, 3.05) is 24.4 Å². The predicted octanol–water partition coefficient (Wildman–Crippen LogP) is -2.43. The topological polar surface area (TPSA) is 331 Å². The SMILES string of the molecule is Nc1nc2c(ncn2[C@@H]2C[C@H](CO[PH](=O)O)[C@H](O)[C@@H]2OP(=O)(O)CO[C@H]2O[C@@H](n3cnc4c(N)ncnc43)[C@@H](O)[C@H]2O)c(=O)[nH]1. The van der Waals surface area contributed by atoms with Crippen molar-refractivity contribution in [3.63, 3.8) is 0 Å². The number of nitrogens with one attached hydrogen (secondary N) is 1. The molecule has 0 bridgehead atoms. The highest BCUT2D eigenvalue weighted by Crippen LogP contribution is 2.51. The maximum absolute atomic E-state index is 13.3. The number of aromatic nitrogens is 8. The largest absolute Gasteiger partial charge is 0.390 e. The molecule has 4 aromatic heterocycles. The molecule has 0 radical (unpaired) electrons. The fraction of sp³-hybridized carbons (Fsp3) is 0.524. The molecule has 1 aliphatic heterocycles. The molecule has 10 N–H and O–H groups in total. The van der Waals surface area contributed by atoms with Crippen LogP contribution in [-0.4, -0.2) is 108 Å². The van der Waals surface area contributed by atoms with E-state index in [0.29, 0.717) is 0 Å². The number of H-pyrrole nitrogens is 1. The van der Waals surface area contributed by atoms with Crippen LogP contribution in [0, 0.1) is 5.92 Å².